The maximum Gasteiger partial charge on any atom is 0.167 e. The first-order valence-electron chi connectivity index (χ1n) is 4.60. The van der Waals surface area contributed by atoms with Crippen LogP contribution >= 0.6 is 0 Å². The van der Waals surface area contributed by atoms with Crippen molar-refractivity contribution in [1.82, 2.24) is 4.98 Å². The van der Waals surface area contributed by atoms with Gasteiger partial charge in [0, 0.05) is 23.9 Å². The lowest BCUT2D eigenvalue weighted by atomic mass is 9.78. The Kier molecular flexibility index (Phi) is 2.60. The summed E-state index contributed by atoms with van der Waals surface area (Å²) in [5.74, 6) is 0.275. The average molecular weight is 179 g/mol. The maximum atomic E-state index is 11.8. The molecule has 1 aromatic heterocycles. The number of aromatic nitrogens is 1. The van der Waals surface area contributed by atoms with Crippen LogP contribution in [0.2, 0.25) is 0 Å². The van der Waals surface area contributed by atoms with Gasteiger partial charge in [-0.15, -0.1) is 0 Å². The van der Waals surface area contributed by atoms with E-state index in [9.17, 15) is 4.79 Å². The number of hydrogen-bond donors (Lipinski definition) is 1. The fourth-order valence-corrected chi connectivity index (χ4v) is 1.12. The highest BCUT2D eigenvalue weighted by atomic mass is 16.1. The Labute approximate surface area is 79.4 Å². The molecule has 0 bridgehead atoms. The maximum absolute atomic E-state index is 11.8. The molecule has 0 aliphatic carbocycles. The summed E-state index contributed by atoms with van der Waals surface area (Å²) < 4.78 is 0. The molecule has 0 aromatic carbocycles. The van der Waals surface area contributed by atoms with E-state index in [0.29, 0.717) is 0 Å². The van der Waals surface area contributed by atoms with Crippen LogP contribution in [0.15, 0.2) is 18.5 Å². The summed E-state index contributed by atoms with van der Waals surface area (Å²) in [5.41, 5.74) is 0.816. The zero-order valence-electron chi connectivity index (χ0n) is 8.72. The number of carbonyl (C=O) groups excluding carboxylic acids is 1. The smallest absolute Gasteiger partial charge is 0.167 e. The van der Waals surface area contributed by atoms with Crippen molar-refractivity contribution in [3.63, 3.8) is 0 Å². The minimum absolute atomic E-state index is 0.0361. The Hall–Kier alpha value is -1.05. The van der Waals surface area contributed by atoms with E-state index >= 15 is 0 Å². The number of H-pyrrole nitrogens is 1. The standard InChI is InChI=1S/C11H17NO/c1-8(11(2,3)4)10(13)9-5-6-12-7-9/h5-8,12H,1-4H3. The second kappa shape index (κ2) is 3.36. The minimum atomic E-state index is 0.0361. The van der Waals surface area contributed by atoms with Crippen LogP contribution in [-0.4, -0.2) is 10.8 Å². The monoisotopic (exact) mass is 179 g/mol. The molecule has 72 valence electrons. The fraction of sp³-hybridized carbons (Fsp3) is 0.545. The number of carbonyl (C=O) groups is 1. The molecule has 2 heteroatoms. The molecule has 0 amide bonds. The van der Waals surface area contributed by atoms with Gasteiger partial charge in [0.1, 0.15) is 0 Å². The topological polar surface area (TPSA) is 32.9 Å². The summed E-state index contributed by atoms with van der Waals surface area (Å²) in [5, 5.41) is 0. The summed E-state index contributed by atoms with van der Waals surface area (Å²) in [6, 6.07) is 1.82. The molecule has 0 radical (unpaired) electrons. The zero-order chi connectivity index (χ0) is 10.1. The van der Waals surface area contributed by atoms with Crippen LogP contribution in [0, 0.1) is 11.3 Å². The van der Waals surface area contributed by atoms with Gasteiger partial charge in [-0.25, -0.2) is 0 Å². The number of aromatic amines is 1. The van der Waals surface area contributed by atoms with Crippen LogP contribution in [-0.2, 0) is 0 Å². The number of nitrogens with one attached hydrogen (secondary N) is 1. The number of Topliss-reactive ketones (excluding diaryl/α,β-unsaturated/α-hetero) is 1. The van der Waals surface area contributed by atoms with Gasteiger partial charge >= 0.3 is 0 Å². The molecular weight excluding hydrogens is 162 g/mol. The molecule has 0 saturated heterocycles. The van der Waals surface area contributed by atoms with Crippen molar-refractivity contribution >= 4 is 5.78 Å². The fourth-order valence-electron chi connectivity index (χ4n) is 1.12. The summed E-state index contributed by atoms with van der Waals surface area (Å²) >= 11 is 0. The van der Waals surface area contributed by atoms with E-state index in [1.807, 2.05) is 13.0 Å². The van der Waals surface area contributed by atoms with Gasteiger partial charge in [0.2, 0.25) is 0 Å². The van der Waals surface area contributed by atoms with Crippen molar-refractivity contribution in [3.8, 4) is 0 Å². The normalized spacial score (nSPS) is 14.2. The third kappa shape index (κ3) is 2.20. The molecule has 1 unspecified atom stereocenters. The molecule has 0 saturated carbocycles. The molecule has 1 heterocycles. The van der Waals surface area contributed by atoms with Crippen LogP contribution in [0.1, 0.15) is 38.1 Å². The predicted octanol–water partition coefficient (Wildman–Crippen LogP) is 2.88. The van der Waals surface area contributed by atoms with Crippen LogP contribution in [0.25, 0.3) is 0 Å². The van der Waals surface area contributed by atoms with Crippen LogP contribution in [0.4, 0.5) is 0 Å². The molecule has 0 aliphatic rings. The van der Waals surface area contributed by atoms with Crippen LogP contribution < -0.4 is 0 Å². The number of ketones is 1. The van der Waals surface area contributed by atoms with E-state index in [4.69, 9.17) is 0 Å². The van der Waals surface area contributed by atoms with Gasteiger partial charge < -0.3 is 4.98 Å². The van der Waals surface area contributed by atoms with Crippen molar-refractivity contribution < 1.29 is 4.79 Å². The van der Waals surface area contributed by atoms with Crippen molar-refractivity contribution in [2.45, 2.75) is 27.7 Å². The van der Waals surface area contributed by atoms with Gasteiger partial charge in [0.25, 0.3) is 0 Å². The lowest BCUT2D eigenvalue weighted by Crippen LogP contribution is -2.25. The van der Waals surface area contributed by atoms with Crippen LogP contribution in [0.5, 0.6) is 0 Å². The van der Waals surface area contributed by atoms with Gasteiger partial charge in [0.15, 0.2) is 5.78 Å². The van der Waals surface area contributed by atoms with E-state index in [0.717, 1.165) is 5.56 Å². The second-order valence-electron chi connectivity index (χ2n) is 4.55. The lowest BCUT2D eigenvalue weighted by Gasteiger charge is -2.25. The molecule has 0 aliphatic heterocycles. The second-order valence-corrected chi connectivity index (χ2v) is 4.55. The summed E-state index contributed by atoms with van der Waals surface area (Å²) in [4.78, 5) is 14.7. The third-order valence-electron chi connectivity index (χ3n) is 2.57. The molecule has 1 atom stereocenters. The first kappa shape index (κ1) is 10.0. The Bertz CT molecular complexity index is 280. The van der Waals surface area contributed by atoms with Crippen molar-refractivity contribution in [2.75, 3.05) is 0 Å². The van der Waals surface area contributed by atoms with E-state index in [2.05, 4.69) is 25.8 Å². The quantitative estimate of drug-likeness (QED) is 0.696. The summed E-state index contributed by atoms with van der Waals surface area (Å²) in [7, 11) is 0. The van der Waals surface area contributed by atoms with Crippen molar-refractivity contribution in [2.24, 2.45) is 11.3 Å². The molecule has 2 nitrogen and oxygen atoms in total. The Morgan fingerprint density at radius 1 is 1.46 bits per heavy atom. The third-order valence-corrected chi connectivity index (χ3v) is 2.57. The first-order chi connectivity index (χ1) is 5.93. The molecule has 1 rings (SSSR count). The Morgan fingerprint density at radius 3 is 2.46 bits per heavy atom. The summed E-state index contributed by atoms with van der Waals surface area (Å²) in [6.45, 7) is 8.24. The lowest BCUT2D eigenvalue weighted by molar-refractivity contribution is 0.0839. The van der Waals surface area contributed by atoms with E-state index in [1.54, 1.807) is 12.4 Å². The first-order valence-corrected chi connectivity index (χ1v) is 4.60. The molecule has 0 fully saturated rings. The van der Waals surface area contributed by atoms with E-state index in [1.165, 1.54) is 0 Å². The highest BCUT2D eigenvalue weighted by molar-refractivity contribution is 5.97. The zero-order valence-corrected chi connectivity index (χ0v) is 8.72. The number of hydrogen-bond acceptors (Lipinski definition) is 1. The molecule has 1 aromatic rings. The van der Waals surface area contributed by atoms with E-state index in [-0.39, 0.29) is 17.1 Å². The van der Waals surface area contributed by atoms with E-state index < -0.39 is 0 Å². The number of rotatable bonds is 2. The Balaban J connectivity index is 2.81. The molecule has 1 N–H and O–H groups in total. The summed E-state index contributed by atoms with van der Waals surface area (Å²) in [6.07, 6.45) is 3.53. The van der Waals surface area contributed by atoms with Gasteiger partial charge in [-0.05, 0) is 11.5 Å². The Morgan fingerprint density at radius 2 is 2.08 bits per heavy atom. The van der Waals surface area contributed by atoms with Gasteiger partial charge in [-0.1, -0.05) is 27.7 Å². The van der Waals surface area contributed by atoms with Gasteiger partial charge in [-0.3, -0.25) is 4.79 Å². The van der Waals surface area contributed by atoms with Crippen molar-refractivity contribution in [1.29, 1.82) is 0 Å². The predicted molar refractivity (Wildman–Crippen MR) is 53.7 cm³/mol. The van der Waals surface area contributed by atoms with Crippen LogP contribution in [0.3, 0.4) is 0 Å². The van der Waals surface area contributed by atoms with Gasteiger partial charge in [-0.2, -0.15) is 0 Å². The SMILES string of the molecule is CC(C(=O)c1cc[nH]c1)C(C)(C)C. The molecule has 0 spiro atoms. The highest BCUT2D eigenvalue weighted by Crippen LogP contribution is 2.28. The molecule has 13 heavy (non-hydrogen) atoms. The average Bonchev–Trinajstić information content (AvgIpc) is 2.51. The van der Waals surface area contributed by atoms with Gasteiger partial charge in [0.05, 0.1) is 0 Å². The largest absolute Gasteiger partial charge is 0.367 e. The highest BCUT2D eigenvalue weighted by Gasteiger charge is 2.27. The molecular formula is C11H17NO. The van der Waals surface area contributed by atoms with Crippen molar-refractivity contribution in [3.05, 3.63) is 24.0 Å². The minimum Gasteiger partial charge on any atom is -0.367 e.